The third-order valence-corrected chi connectivity index (χ3v) is 3.53. The van der Waals surface area contributed by atoms with E-state index in [0.29, 0.717) is 19.4 Å². The van der Waals surface area contributed by atoms with Crippen LogP contribution in [0.4, 0.5) is 0 Å². The van der Waals surface area contributed by atoms with Gasteiger partial charge in [0.2, 0.25) is 11.8 Å². The number of hydrogen-bond donors (Lipinski definition) is 2. The fraction of sp³-hybridized carbons (Fsp3) is 0.833. The molecule has 2 aliphatic heterocycles. The van der Waals surface area contributed by atoms with E-state index >= 15 is 0 Å². The van der Waals surface area contributed by atoms with Gasteiger partial charge in [0.25, 0.3) is 0 Å². The van der Waals surface area contributed by atoms with Gasteiger partial charge in [-0.05, 0) is 26.2 Å². The Morgan fingerprint density at radius 1 is 1.53 bits per heavy atom. The zero-order valence-corrected chi connectivity index (χ0v) is 10.2. The highest BCUT2D eigenvalue weighted by Crippen LogP contribution is 2.17. The van der Waals surface area contributed by atoms with Gasteiger partial charge in [-0.15, -0.1) is 0 Å². The van der Waals surface area contributed by atoms with Crippen molar-refractivity contribution in [2.24, 2.45) is 5.92 Å². The smallest absolute Gasteiger partial charge is 0.225 e. The van der Waals surface area contributed by atoms with Gasteiger partial charge in [-0.3, -0.25) is 9.59 Å². The van der Waals surface area contributed by atoms with Crippen molar-refractivity contribution in [1.82, 2.24) is 10.6 Å². The Morgan fingerprint density at radius 2 is 2.35 bits per heavy atom. The minimum absolute atomic E-state index is 0.0352. The Morgan fingerprint density at radius 3 is 2.94 bits per heavy atom. The third-order valence-electron chi connectivity index (χ3n) is 3.53. The molecule has 0 aromatic heterocycles. The molecule has 3 atom stereocenters. The van der Waals surface area contributed by atoms with Crippen LogP contribution in [0.1, 0.15) is 32.6 Å². The van der Waals surface area contributed by atoms with Crippen LogP contribution in [0.3, 0.4) is 0 Å². The SMILES string of the molecule is CC(NC(=O)C1CCC(=O)NC1)C1CCCO1. The molecule has 0 aliphatic carbocycles. The summed E-state index contributed by atoms with van der Waals surface area (Å²) in [5, 5.41) is 5.72. The van der Waals surface area contributed by atoms with Crippen molar-refractivity contribution in [1.29, 1.82) is 0 Å². The number of piperidine rings is 1. The van der Waals surface area contributed by atoms with Crippen molar-refractivity contribution in [2.75, 3.05) is 13.2 Å². The summed E-state index contributed by atoms with van der Waals surface area (Å²) in [6, 6.07) is 0.0580. The molecule has 2 aliphatic rings. The molecule has 5 heteroatoms. The van der Waals surface area contributed by atoms with Crippen molar-refractivity contribution < 1.29 is 14.3 Å². The van der Waals surface area contributed by atoms with Gasteiger partial charge in [-0.2, -0.15) is 0 Å². The first-order valence-electron chi connectivity index (χ1n) is 6.35. The first-order valence-corrected chi connectivity index (χ1v) is 6.35. The summed E-state index contributed by atoms with van der Waals surface area (Å²) in [4.78, 5) is 23.0. The van der Waals surface area contributed by atoms with Crippen LogP contribution in [0.5, 0.6) is 0 Å². The quantitative estimate of drug-likeness (QED) is 0.740. The molecule has 3 unspecified atom stereocenters. The topological polar surface area (TPSA) is 67.4 Å². The summed E-state index contributed by atoms with van der Waals surface area (Å²) in [6.45, 7) is 3.24. The molecule has 0 bridgehead atoms. The van der Waals surface area contributed by atoms with Crippen molar-refractivity contribution in [3.05, 3.63) is 0 Å². The molecule has 2 rings (SSSR count). The van der Waals surface area contributed by atoms with Crippen molar-refractivity contribution in [3.8, 4) is 0 Å². The summed E-state index contributed by atoms with van der Waals surface area (Å²) in [5.74, 6) is -0.00854. The average molecular weight is 240 g/mol. The van der Waals surface area contributed by atoms with Crippen LogP contribution in [0, 0.1) is 5.92 Å². The van der Waals surface area contributed by atoms with Crippen LogP contribution in [0.25, 0.3) is 0 Å². The molecule has 0 aromatic rings. The lowest BCUT2D eigenvalue weighted by molar-refractivity contribution is -0.129. The molecule has 2 heterocycles. The second-order valence-electron chi connectivity index (χ2n) is 4.89. The molecule has 0 radical (unpaired) electrons. The van der Waals surface area contributed by atoms with Gasteiger partial charge < -0.3 is 15.4 Å². The first-order chi connectivity index (χ1) is 8.16. The molecule has 96 valence electrons. The number of nitrogens with one attached hydrogen (secondary N) is 2. The number of rotatable bonds is 3. The van der Waals surface area contributed by atoms with Gasteiger partial charge in [0, 0.05) is 19.6 Å². The van der Waals surface area contributed by atoms with Crippen molar-refractivity contribution in [3.63, 3.8) is 0 Å². The molecular formula is C12H20N2O3. The fourth-order valence-electron chi connectivity index (χ4n) is 2.39. The second-order valence-corrected chi connectivity index (χ2v) is 4.89. The summed E-state index contributed by atoms with van der Waals surface area (Å²) in [5.41, 5.74) is 0. The highest BCUT2D eigenvalue weighted by Gasteiger charge is 2.28. The lowest BCUT2D eigenvalue weighted by atomic mass is 9.97. The number of ether oxygens (including phenoxy) is 1. The molecule has 5 nitrogen and oxygen atoms in total. The Labute approximate surface area is 101 Å². The molecular weight excluding hydrogens is 220 g/mol. The maximum atomic E-state index is 12.0. The number of carbonyl (C=O) groups excluding carboxylic acids is 2. The molecule has 2 fully saturated rings. The van der Waals surface area contributed by atoms with Crippen molar-refractivity contribution in [2.45, 2.75) is 44.8 Å². The molecule has 0 saturated carbocycles. The molecule has 2 saturated heterocycles. The van der Waals surface area contributed by atoms with Gasteiger partial charge in [0.15, 0.2) is 0 Å². The van der Waals surface area contributed by atoms with E-state index in [1.54, 1.807) is 0 Å². The zero-order valence-electron chi connectivity index (χ0n) is 10.2. The highest BCUT2D eigenvalue weighted by atomic mass is 16.5. The van der Waals surface area contributed by atoms with E-state index in [2.05, 4.69) is 10.6 Å². The van der Waals surface area contributed by atoms with Gasteiger partial charge in [0.05, 0.1) is 18.1 Å². The van der Waals surface area contributed by atoms with Crippen LogP contribution in [-0.2, 0) is 14.3 Å². The largest absolute Gasteiger partial charge is 0.376 e. The normalized spacial score (nSPS) is 30.8. The van der Waals surface area contributed by atoms with E-state index in [1.165, 1.54) is 0 Å². The van der Waals surface area contributed by atoms with E-state index in [0.717, 1.165) is 19.4 Å². The molecule has 0 aromatic carbocycles. The van der Waals surface area contributed by atoms with E-state index in [1.807, 2.05) is 6.92 Å². The van der Waals surface area contributed by atoms with Crippen molar-refractivity contribution >= 4 is 11.8 Å². The predicted molar refractivity (Wildman–Crippen MR) is 62.3 cm³/mol. The fourth-order valence-corrected chi connectivity index (χ4v) is 2.39. The number of carbonyl (C=O) groups is 2. The van der Waals surface area contributed by atoms with Gasteiger partial charge >= 0.3 is 0 Å². The third kappa shape index (κ3) is 3.19. The summed E-state index contributed by atoms with van der Waals surface area (Å²) >= 11 is 0. The molecule has 2 amide bonds. The maximum absolute atomic E-state index is 12.0. The summed E-state index contributed by atoms with van der Waals surface area (Å²) < 4.78 is 5.54. The minimum Gasteiger partial charge on any atom is -0.376 e. The molecule has 2 N–H and O–H groups in total. The van der Waals surface area contributed by atoms with Gasteiger partial charge in [-0.25, -0.2) is 0 Å². The minimum atomic E-state index is -0.0865. The van der Waals surface area contributed by atoms with E-state index in [-0.39, 0.29) is 29.9 Å². The van der Waals surface area contributed by atoms with Crippen LogP contribution < -0.4 is 10.6 Å². The summed E-state index contributed by atoms with van der Waals surface area (Å²) in [6.07, 6.45) is 3.34. The van der Waals surface area contributed by atoms with E-state index in [9.17, 15) is 9.59 Å². The second kappa shape index (κ2) is 5.49. The van der Waals surface area contributed by atoms with E-state index in [4.69, 9.17) is 4.74 Å². The monoisotopic (exact) mass is 240 g/mol. The Hall–Kier alpha value is -1.10. The summed E-state index contributed by atoms with van der Waals surface area (Å²) in [7, 11) is 0. The lowest BCUT2D eigenvalue weighted by Crippen LogP contribution is -2.48. The Balaban J connectivity index is 1.77. The highest BCUT2D eigenvalue weighted by molar-refractivity contribution is 5.83. The van der Waals surface area contributed by atoms with Crippen LogP contribution in [0.15, 0.2) is 0 Å². The average Bonchev–Trinajstić information content (AvgIpc) is 2.83. The molecule has 17 heavy (non-hydrogen) atoms. The van der Waals surface area contributed by atoms with Gasteiger partial charge in [0.1, 0.15) is 0 Å². The lowest BCUT2D eigenvalue weighted by Gasteiger charge is -2.25. The predicted octanol–water partition coefficient (Wildman–Crippen LogP) is 0.196. The standard InChI is InChI=1S/C12H20N2O3/c1-8(10-3-2-6-17-10)14-12(16)9-4-5-11(15)13-7-9/h8-10H,2-7H2,1H3,(H,13,15)(H,14,16). The van der Waals surface area contributed by atoms with Gasteiger partial charge in [-0.1, -0.05) is 0 Å². The molecule has 0 spiro atoms. The van der Waals surface area contributed by atoms with E-state index < -0.39 is 0 Å². The number of hydrogen-bond acceptors (Lipinski definition) is 3. The van der Waals surface area contributed by atoms with Crippen LogP contribution >= 0.6 is 0 Å². The Kier molecular flexibility index (Phi) is 3.99. The van der Waals surface area contributed by atoms with Crippen LogP contribution in [-0.4, -0.2) is 37.1 Å². The zero-order chi connectivity index (χ0) is 12.3. The number of amides is 2. The first kappa shape index (κ1) is 12.4. The Bertz CT molecular complexity index is 290. The maximum Gasteiger partial charge on any atom is 0.225 e. The van der Waals surface area contributed by atoms with Crippen LogP contribution in [0.2, 0.25) is 0 Å².